The Kier molecular flexibility index (Phi) is 5.66. The molecule has 2 N–H and O–H groups in total. The maximum absolute atomic E-state index is 11.6. The third-order valence-corrected chi connectivity index (χ3v) is 3.82. The van der Waals surface area contributed by atoms with Gasteiger partial charge in [-0.1, -0.05) is 15.9 Å². The Morgan fingerprint density at radius 2 is 1.95 bits per heavy atom. The van der Waals surface area contributed by atoms with Crippen LogP contribution in [0.15, 0.2) is 28.7 Å². The molecular weight excluding hydrogens is 308 g/mol. The van der Waals surface area contributed by atoms with Crippen LogP contribution in [0.5, 0.6) is 5.75 Å². The van der Waals surface area contributed by atoms with Crippen molar-refractivity contribution in [2.24, 2.45) is 0 Å². The Labute approximate surface area is 122 Å². The SMILES string of the molecule is O=C(COc1ccc(Br)cc1)NCC[NH+]1CCCC1. The van der Waals surface area contributed by atoms with Crippen LogP contribution < -0.4 is 15.0 Å². The van der Waals surface area contributed by atoms with Gasteiger partial charge in [-0.2, -0.15) is 0 Å². The van der Waals surface area contributed by atoms with Crippen LogP contribution in [0.2, 0.25) is 0 Å². The highest BCUT2D eigenvalue weighted by Crippen LogP contribution is 2.15. The van der Waals surface area contributed by atoms with Gasteiger partial charge in [-0.3, -0.25) is 4.79 Å². The minimum Gasteiger partial charge on any atom is -0.484 e. The standard InChI is InChI=1S/C14H19BrN2O2/c15-12-3-5-13(6-4-12)19-11-14(18)16-7-10-17-8-1-2-9-17/h3-6H,1-2,7-11H2,(H,16,18)/p+1. The van der Waals surface area contributed by atoms with E-state index < -0.39 is 0 Å². The van der Waals surface area contributed by atoms with Crippen LogP contribution in [-0.4, -0.2) is 38.7 Å². The zero-order chi connectivity index (χ0) is 13.5. The van der Waals surface area contributed by atoms with Crippen molar-refractivity contribution in [1.82, 2.24) is 5.32 Å². The number of benzene rings is 1. The lowest BCUT2D eigenvalue weighted by atomic mass is 10.3. The Bertz CT molecular complexity index is 402. The first-order valence-corrected chi connectivity index (χ1v) is 7.52. The first kappa shape index (κ1) is 14.3. The van der Waals surface area contributed by atoms with Crippen LogP contribution in [0, 0.1) is 0 Å². The van der Waals surface area contributed by atoms with Crippen LogP contribution in [0.25, 0.3) is 0 Å². The molecule has 104 valence electrons. The van der Waals surface area contributed by atoms with Crippen LogP contribution in [-0.2, 0) is 4.79 Å². The third-order valence-electron chi connectivity index (χ3n) is 3.29. The molecule has 2 rings (SSSR count). The predicted molar refractivity (Wildman–Crippen MR) is 77.4 cm³/mol. The molecule has 0 aromatic heterocycles. The van der Waals surface area contributed by atoms with Gasteiger partial charge in [0.2, 0.25) is 0 Å². The van der Waals surface area contributed by atoms with Crippen molar-refractivity contribution < 1.29 is 14.4 Å². The number of likely N-dealkylation sites (tertiary alicyclic amines) is 1. The van der Waals surface area contributed by atoms with Crippen LogP contribution in [0.1, 0.15) is 12.8 Å². The van der Waals surface area contributed by atoms with E-state index in [1.54, 1.807) is 4.90 Å². The monoisotopic (exact) mass is 327 g/mol. The number of amides is 1. The van der Waals surface area contributed by atoms with Gasteiger partial charge >= 0.3 is 0 Å². The zero-order valence-electron chi connectivity index (χ0n) is 11.0. The number of halogens is 1. The van der Waals surface area contributed by atoms with Gasteiger partial charge in [0.15, 0.2) is 6.61 Å². The molecule has 1 aliphatic heterocycles. The molecule has 1 aromatic carbocycles. The average Bonchev–Trinajstić information content (AvgIpc) is 2.91. The van der Waals surface area contributed by atoms with E-state index in [9.17, 15) is 4.79 Å². The number of ether oxygens (including phenoxy) is 1. The van der Waals surface area contributed by atoms with E-state index in [-0.39, 0.29) is 12.5 Å². The summed E-state index contributed by atoms with van der Waals surface area (Å²) < 4.78 is 6.40. The topological polar surface area (TPSA) is 42.8 Å². The molecule has 19 heavy (non-hydrogen) atoms. The molecule has 0 atom stereocenters. The number of carbonyl (C=O) groups is 1. The summed E-state index contributed by atoms with van der Waals surface area (Å²) >= 11 is 3.35. The number of quaternary nitrogens is 1. The molecule has 1 heterocycles. The quantitative estimate of drug-likeness (QED) is 0.804. The summed E-state index contributed by atoms with van der Waals surface area (Å²) in [4.78, 5) is 13.2. The molecule has 0 unspecified atom stereocenters. The lowest BCUT2D eigenvalue weighted by molar-refractivity contribution is -0.886. The predicted octanol–water partition coefficient (Wildman–Crippen LogP) is 0.623. The van der Waals surface area contributed by atoms with E-state index in [0.717, 1.165) is 17.6 Å². The normalized spacial score (nSPS) is 15.4. The highest BCUT2D eigenvalue weighted by molar-refractivity contribution is 9.10. The fourth-order valence-electron chi connectivity index (χ4n) is 2.23. The summed E-state index contributed by atoms with van der Waals surface area (Å²) in [5, 5.41) is 2.90. The summed E-state index contributed by atoms with van der Waals surface area (Å²) in [6.45, 7) is 4.31. The number of hydrogen-bond acceptors (Lipinski definition) is 2. The number of carbonyl (C=O) groups excluding carboxylic acids is 1. The van der Waals surface area contributed by atoms with Gasteiger partial charge in [-0.25, -0.2) is 0 Å². The van der Waals surface area contributed by atoms with E-state index in [0.29, 0.717) is 5.75 Å². The van der Waals surface area contributed by atoms with Crippen molar-refractivity contribution >= 4 is 21.8 Å². The summed E-state index contributed by atoms with van der Waals surface area (Å²) in [7, 11) is 0. The molecular formula is C14H20BrN2O2+. The van der Waals surface area contributed by atoms with Crippen molar-refractivity contribution in [2.45, 2.75) is 12.8 Å². The Morgan fingerprint density at radius 3 is 2.63 bits per heavy atom. The zero-order valence-corrected chi connectivity index (χ0v) is 12.5. The summed E-state index contributed by atoms with van der Waals surface area (Å²) in [5.41, 5.74) is 0. The molecule has 1 saturated heterocycles. The molecule has 1 aromatic rings. The Balaban J connectivity index is 1.60. The Hall–Kier alpha value is -1.07. The molecule has 4 nitrogen and oxygen atoms in total. The number of rotatable bonds is 6. The van der Waals surface area contributed by atoms with Gasteiger partial charge in [-0.15, -0.1) is 0 Å². The van der Waals surface area contributed by atoms with Crippen molar-refractivity contribution in [3.63, 3.8) is 0 Å². The van der Waals surface area contributed by atoms with Crippen LogP contribution >= 0.6 is 15.9 Å². The van der Waals surface area contributed by atoms with Crippen LogP contribution in [0.3, 0.4) is 0 Å². The number of hydrogen-bond donors (Lipinski definition) is 2. The lowest BCUT2D eigenvalue weighted by Crippen LogP contribution is -3.10. The Morgan fingerprint density at radius 1 is 1.26 bits per heavy atom. The van der Waals surface area contributed by atoms with Crippen molar-refractivity contribution in [3.8, 4) is 5.75 Å². The maximum atomic E-state index is 11.6. The summed E-state index contributed by atoms with van der Waals surface area (Å²) in [6.07, 6.45) is 2.63. The summed E-state index contributed by atoms with van der Waals surface area (Å²) in [6, 6.07) is 7.46. The van der Waals surface area contributed by atoms with Gasteiger partial charge in [0.25, 0.3) is 5.91 Å². The van der Waals surface area contributed by atoms with Crippen molar-refractivity contribution in [3.05, 3.63) is 28.7 Å². The molecule has 1 fully saturated rings. The first-order valence-electron chi connectivity index (χ1n) is 6.73. The molecule has 0 radical (unpaired) electrons. The van der Waals surface area contributed by atoms with E-state index in [2.05, 4.69) is 21.2 Å². The largest absolute Gasteiger partial charge is 0.484 e. The van der Waals surface area contributed by atoms with Gasteiger partial charge in [-0.05, 0) is 24.3 Å². The average molecular weight is 328 g/mol. The molecule has 1 amide bonds. The first-order chi connectivity index (χ1) is 9.24. The van der Waals surface area contributed by atoms with E-state index in [1.165, 1.54) is 25.9 Å². The van der Waals surface area contributed by atoms with Crippen LogP contribution in [0.4, 0.5) is 0 Å². The third kappa shape index (κ3) is 5.20. The number of nitrogens with one attached hydrogen (secondary N) is 2. The molecule has 1 aliphatic rings. The van der Waals surface area contributed by atoms with Gasteiger partial charge in [0, 0.05) is 17.3 Å². The van der Waals surface area contributed by atoms with Gasteiger partial charge in [0.05, 0.1) is 26.2 Å². The maximum Gasteiger partial charge on any atom is 0.258 e. The molecule has 0 aliphatic carbocycles. The lowest BCUT2D eigenvalue weighted by Gasteiger charge is -2.12. The molecule has 0 saturated carbocycles. The smallest absolute Gasteiger partial charge is 0.258 e. The van der Waals surface area contributed by atoms with Gasteiger partial charge in [0.1, 0.15) is 5.75 Å². The molecule has 0 spiro atoms. The fraction of sp³-hybridized carbons (Fsp3) is 0.500. The van der Waals surface area contributed by atoms with E-state index >= 15 is 0 Å². The van der Waals surface area contributed by atoms with E-state index in [1.807, 2.05) is 24.3 Å². The highest BCUT2D eigenvalue weighted by atomic mass is 79.9. The minimum absolute atomic E-state index is 0.0542. The molecule has 5 heteroatoms. The second-order valence-electron chi connectivity index (χ2n) is 4.80. The second-order valence-corrected chi connectivity index (χ2v) is 5.72. The fourth-order valence-corrected chi connectivity index (χ4v) is 2.50. The minimum atomic E-state index is -0.0542. The highest BCUT2D eigenvalue weighted by Gasteiger charge is 2.14. The van der Waals surface area contributed by atoms with Crippen molar-refractivity contribution in [1.29, 1.82) is 0 Å². The van der Waals surface area contributed by atoms with Crippen molar-refractivity contribution in [2.75, 3.05) is 32.8 Å². The van der Waals surface area contributed by atoms with Gasteiger partial charge < -0.3 is 15.0 Å². The summed E-state index contributed by atoms with van der Waals surface area (Å²) in [5.74, 6) is 0.657. The van der Waals surface area contributed by atoms with E-state index in [4.69, 9.17) is 4.74 Å². The second kappa shape index (κ2) is 7.50. The molecule has 0 bridgehead atoms.